The first kappa shape index (κ1) is 33.2. The Morgan fingerprint density at radius 3 is 2.52 bits per heavy atom. The van der Waals surface area contributed by atoms with Crippen LogP contribution in [0.5, 0.6) is 11.5 Å². The quantitative estimate of drug-likeness (QED) is 0.158. The van der Waals surface area contributed by atoms with Gasteiger partial charge in [0.15, 0.2) is 11.5 Å². The van der Waals surface area contributed by atoms with Gasteiger partial charge in [-0.2, -0.15) is 0 Å². The van der Waals surface area contributed by atoms with Crippen molar-refractivity contribution in [3.05, 3.63) is 73.9 Å². The normalized spacial score (nSPS) is 25.9. The Morgan fingerprint density at radius 1 is 1.11 bits per heavy atom. The smallest absolute Gasteiger partial charge is 0.234 e. The maximum Gasteiger partial charge on any atom is 0.234 e. The molecule has 3 aliphatic heterocycles. The number of amides is 2. The number of rotatable bonds is 10. The lowest BCUT2D eigenvalue weighted by Gasteiger charge is -2.36. The van der Waals surface area contributed by atoms with Crippen molar-refractivity contribution in [3.63, 3.8) is 0 Å². The minimum Gasteiger partial charge on any atom is -0.504 e. The molecule has 2 amide bonds. The Balaban J connectivity index is 1.15. The standard InChI is InChI=1S/C38H47IN2O5/c1-5-24(17-26-18-31(39)36(42)33(19-26)45-4)11-12-32-34-28(23(2)3)20-29-35(30(34)22-46-32)38(44)41(37(29)43)27-13-15-40(16-14-27)21-25-9-7-6-8-10-25/h6-10,17-19,23,27,29-30,32,35,42H,5,11-16,20-22H2,1-4H3/b24-17+/t29-,30+,32-,35-/m1/s1. The average Bonchev–Trinajstić information content (AvgIpc) is 3.59. The molecule has 46 heavy (non-hydrogen) atoms. The predicted molar refractivity (Wildman–Crippen MR) is 188 cm³/mol. The van der Waals surface area contributed by atoms with Crippen molar-refractivity contribution < 1.29 is 24.2 Å². The SMILES string of the molecule is CC/C(=C\c1cc(I)c(O)c(OC)c1)CC[C@H]1OC[C@H]2C1=C(C(C)C)C[C@H]1C(=O)N(C3CCN(Cc4ccccc4)CC3)C(=O)[C@H]12. The van der Waals surface area contributed by atoms with E-state index in [9.17, 15) is 14.7 Å². The van der Waals surface area contributed by atoms with Crippen molar-refractivity contribution >= 4 is 40.5 Å². The van der Waals surface area contributed by atoms with Gasteiger partial charge in [-0.05, 0) is 95.9 Å². The number of methoxy groups -OCH3 is 1. The minimum absolute atomic E-state index is 0.0134. The van der Waals surface area contributed by atoms with Gasteiger partial charge in [-0.3, -0.25) is 19.4 Å². The lowest BCUT2D eigenvalue weighted by Crippen LogP contribution is -2.47. The predicted octanol–water partition coefficient (Wildman–Crippen LogP) is 7.22. The molecule has 3 heterocycles. The van der Waals surface area contributed by atoms with Gasteiger partial charge in [-0.15, -0.1) is 0 Å². The molecule has 1 aliphatic carbocycles. The summed E-state index contributed by atoms with van der Waals surface area (Å²) in [5, 5.41) is 10.3. The van der Waals surface area contributed by atoms with Crippen LogP contribution in [-0.2, 0) is 20.9 Å². The molecule has 3 fully saturated rings. The fraction of sp³-hybridized carbons (Fsp3) is 0.526. The molecule has 7 nitrogen and oxygen atoms in total. The third-order valence-corrected chi connectivity index (χ3v) is 11.5. The van der Waals surface area contributed by atoms with Crippen molar-refractivity contribution in [1.82, 2.24) is 9.80 Å². The maximum absolute atomic E-state index is 14.1. The molecule has 8 heteroatoms. The molecule has 0 bridgehead atoms. The summed E-state index contributed by atoms with van der Waals surface area (Å²) >= 11 is 2.13. The molecular formula is C38H47IN2O5. The van der Waals surface area contributed by atoms with Gasteiger partial charge in [0.2, 0.25) is 11.8 Å². The second-order valence-corrected chi connectivity index (χ2v) is 14.9. The van der Waals surface area contributed by atoms with Crippen LogP contribution in [0.3, 0.4) is 0 Å². The molecule has 2 aromatic carbocycles. The number of aromatic hydroxyl groups is 1. The van der Waals surface area contributed by atoms with Gasteiger partial charge < -0.3 is 14.6 Å². The Bertz CT molecular complexity index is 1510. The summed E-state index contributed by atoms with van der Waals surface area (Å²) in [6, 6.07) is 14.3. The van der Waals surface area contributed by atoms with Crippen molar-refractivity contribution in [2.45, 2.75) is 78.0 Å². The number of imide groups is 1. The molecule has 0 saturated carbocycles. The summed E-state index contributed by atoms with van der Waals surface area (Å²) in [5.74, 6) is 0.447. The number of halogens is 1. The van der Waals surface area contributed by atoms with Crippen LogP contribution in [0.15, 0.2) is 59.2 Å². The van der Waals surface area contributed by atoms with E-state index < -0.39 is 0 Å². The number of benzene rings is 2. The van der Waals surface area contributed by atoms with Crippen molar-refractivity contribution in [1.29, 1.82) is 0 Å². The van der Waals surface area contributed by atoms with Crippen LogP contribution < -0.4 is 4.74 Å². The zero-order valence-corrected chi connectivity index (χ0v) is 29.7. The van der Waals surface area contributed by atoms with Gasteiger partial charge in [0.05, 0.1) is 35.2 Å². The molecule has 0 radical (unpaired) electrons. The molecule has 0 aromatic heterocycles. The fourth-order valence-corrected chi connectivity index (χ4v) is 8.88. The Morgan fingerprint density at radius 2 is 1.85 bits per heavy atom. The van der Waals surface area contributed by atoms with Gasteiger partial charge >= 0.3 is 0 Å². The number of allylic oxidation sites excluding steroid dienone is 2. The fourth-order valence-electron chi connectivity index (χ4n) is 8.26. The van der Waals surface area contributed by atoms with E-state index >= 15 is 0 Å². The summed E-state index contributed by atoms with van der Waals surface area (Å²) in [6.07, 6.45) is 7.12. The molecule has 3 saturated heterocycles. The molecule has 2 aromatic rings. The lowest BCUT2D eigenvalue weighted by molar-refractivity contribution is -0.144. The van der Waals surface area contributed by atoms with Crippen LogP contribution in [0.4, 0.5) is 0 Å². The van der Waals surface area contributed by atoms with Crippen molar-refractivity contribution in [2.24, 2.45) is 23.7 Å². The van der Waals surface area contributed by atoms with Crippen LogP contribution in [0, 0.1) is 27.2 Å². The number of fused-ring (bicyclic) bond motifs is 3. The number of phenols is 1. The van der Waals surface area contributed by atoms with Crippen LogP contribution in [0.25, 0.3) is 6.08 Å². The number of phenolic OH excluding ortho intramolecular Hbond substituents is 1. The lowest BCUT2D eigenvalue weighted by atomic mass is 9.67. The van der Waals surface area contributed by atoms with E-state index in [2.05, 4.69) is 78.6 Å². The third-order valence-electron chi connectivity index (χ3n) is 10.7. The average molecular weight is 739 g/mol. The highest BCUT2D eigenvalue weighted by atomic mass is 127. The van der Waals surface area contributed by atoms with E-state index in [-0.39, 0.29) is 47.5 Å². The second kappa shape index (κ2) is 14.2. The molecule has 0 unspecified atom stereocenters. The maximum atomic E-state index is 14.1. The van der Waals surface area contributed by atoms with E-state index in [1.54, 1.807) is 12.0 Å². The second-order valence-electron chi connectivity index (χ2n) is 13.7. The van der Waals surface area contributed by atoms with E-state index in [4.69, 9.17) is 9.47 Å². The van der Waals surface area contributed by atoms with Gasteiger partial charge in [0.25, 0.3) is 0 Å². The number of likely N-dealkylation sites (tertiary alicyclic amines) is 2. The molecule has 1 N–H and O–H groups in total. The number of hydrogen-bond donors (Lipinski definition) is 1. The van der Waals surface area contributed by atoms with Crippen LogP contribution in [-0.4, -0.2) is 65.7 Å². The highest BCUT2D eigenvalue weighted by Gasteiger charge is 2.58. The summed E-state index contributed by atoms with van der Waals surface area (Å²) in [7, 11) is 1.57. The summed E-state index contributed by atoms with van der Waals surface area (Å²) < 4.78 is 12.6. The number of ether oxygens (including phenoxy) is 2. The largest absolute Gasteiger partial charge is 0.504 e. The monoisotopic (exact) mass is 738 g/mol. The number of carbonyl (C=O) groups excluding carboxylic acids is 2. The third kappa shape index (κ3) is 6.54. The van der Waals surface area contributed by atoms with Crippen LogP contribution in [0.2, 0.25) is 0 Å². The first-order chi connectivity index (χ1) is 22.2. The van der Waals surface area contributed by atoms with Crippen molar-refractivity contribution in [3.8, 4) is 11.5 Å². The number of piperidine rings is 1. The zero-order chi connectivity index (χ0) is 32.5. The highest BCUT2D eigenvalue weighted by molar-refractivity contribution is 14.1. The Kier molecular flexibility index (Phi) is 10.3. The topological polar surface area (TPSA) is 79.3 Å². The van der Waals surface area contributed by atoms with E-state index in [0.717, 1.165) is 60.9 Å². The van der Waals surface area contributed by atoms with Gasteiger partial charge in [-0.25, -0.2) is 0 Å². The molecule has 4 aliphatic rings. The number of carbonyl (C=O) groups is 2. The summed E-state index contributed by atoms with van der Waals surface area (Å²) in [4.78, 5) is 32.2. The minimum atomic E-state index is -0.301. The molecule has 0 spiro atoms. The van der Waals surface area contributed by atoms with Crippen molar-refractivity contribution in [2.75, 3.05) is 26.8 Å². The zero-order valence-electron chi connectivity index (χ0n) is 27.5. The number of nitrogens with zero attached hydrogens (tertiary/aromatic N) is 2. The molecule has 246 valence electrons. The summed E-state index contributed by atoms with van der Waals surface area (Å²) in [5.41, 5.74) is 6.23. The van der Waals surface area contributed by atoms with E-state index in [0.29, 0.717) is 24.7 Å². The van der Waals surface area contributed by atoms with E-state index in [1.165, 1.54) is 22.3 Å². The van der Waals surface area contributed by atoms with Crippen LogP contribution in [0.1, 0.15) is 70.4 Å². The molecular weight excluding hydrogens is 691 g/mol. The first-order valence-electron chi connectivity index (χ1n) is 16.9. The summed E-state index contributed by atoms with van der Waals surface area (Å²) in [6.45, 7) is 9.80. The van der Waals surface area contributed by atoms with E-state index in [1.807, 2.05) is 18.2 Å². The Labute approximate surface area is 287 Å². The highest BCUT2D eigenvalue weighted by Crippen LogP contribution is 2.52. The van der Waals surface area contributed by atoms with Gasteiger partial charge in [0, 0.05) is 31.6 Å². The van der Waals surface area contributed by atoms with Gasteiger partial charge in [-0.1, -0.05) is 68.3 Å². The van der Waals surface area contributed by atoms with Crippen LogP contribution >= 0.6 is 22.6 Å². The van der Waals surface area contributed by atoms with Gasteiger partial charge in [0.1, 0.15) is 0 Å². The molecule has 4 atom stereocenters. The molecule has 6 rings (SSSR count). The Hall–Kier alpha value is -2.69. The number of hydrogen-bond acceptors (Lipinski definition) is 6. The first-order valence-corrected chi connectivity index (χ1v) is 18.0.